The first kappa shape index (κ1) is 18.2. The Bertz CT molecular complexity index is 824. The third kappa shape index (κ3) is 3.92. The van der Waals surface area contributed by atoms with Crippen molar-refractivity contribution >= 4 is 23.2 Å². The van der Waals surface area contributed by atoms with Crippen LogP contribution in [0.15, 0.2) is 36.4 Å². The molecule has 1 atom stereocenters. The Kier molecular flexibility index (Phi) is 5.27. The minimum atomic E-state index is -0.406. The fraction of sp³-hybridized carbons (Fsp3) is 0.429. The zero-order valence-corrected chi connectivity index (χ0v) is 16.2. The van der Waals surface area contributed by atoms with Gasteiger partial charge in [-0.25, -0.2) is 0 Å². The molecule has 2 N–H and O–H groups in total. The van der Waals surface area contributed by atoms with Gasteiger partial charge in [0.1, 0.15) is 0 Å². The van der Waals surface area contributed by atoms with Crippen LogP contribution in [0.1, 0.15) is 45.7 Å². The Hall–Kier alpha value is -2.18. The van der Waals surface area contributed by atoms with Crippen molar-refractivity contribution in [3.8, 4) is 10.4 Å². The molecule has 0 radical (unpaired) electrons. The summed E-state index contributed by atoms with van der Waals surface area (Å²) in [6.45, 7) is 4.20. The fourth-order valence-corrected chi connectivity index (χ4v) is 4.99. The highest BCUT2D eigenvalue weighted by atomic mass is 32.1. The number of thiophene rings is 1. The number of likely N-dealkylation sites (tertiary alicyclic amines) is 2. The summed E-state index contributed by atoms with van der Waals surface area (Å²) in [7, 11) is 0. The summed E-state index contributed by atoms with van der Waals surface area (Å²) in [6.07, 6.45) is 4.75. The van der Waals surface area contributed by atoms with E-state index in [4.69, 9.17) is 5.73 Å². The van der Waals surface area contributed by atoms with Gasteiger partial charge in [-0.3, -0.25) is 9.59 Å². The summed E-state index contributed by atoms with van der Waals surface area (Å²) in [5, 5.41) is 0. The molecule has 1 aromatic carbocycles. The highest BCUT2D eigenvalue weighted by Crippen LogP contribution is 2.29. The van der Waals surface area contributed by atoms with E-state index in [1.54, 1.807) is 6.07 Å². The first-order chi connectivity index (χ1) is 13.1. The van der Waals surface area contributed by atoms with Crippen molar-refractivity contribution in [1.82, 2.24) is 9.80 Å². The Morgan fingerprint density at radius 2 is 1.74 bits per heavy atom. The summed E-state index contributed by atoms with van der Waals surface area (Å²) in [4.78, 5) is 30.4. The Balaban J connectivity index is 1.45. The number of benzene rings is 1. The zero-order chi connectivity index (χ0) is 18.8. The van der Waals surface area contributed by atoms with Crippen LogP contribution in [0.3, 0.4) is 0 Å². The van der Waals surface area contributed by atoms with Crippen molar-refractivity contribution in [2.75, 3.05) is 26.2 Å². The fourth-order valence-electron chi connectivity index (χ4n) is 4.12. The van der Waals surface area contributed by atoms with Gasteiger partial charge in [-0.15, -0.1) is 11.3 Å². The standard InChI is InChI=1S/C21H25N3O2S/c22-20(25)19-10-9-18(27-19)15-5-7-16(8-6-15)21(26)24-13-3-4-17(24)14-23-11-1-2-12-23/h5-10,17H,1-4,11-14H2,(H2,22,25). The van der Waals surface area contributed by atoms with Crippen molar-refractivity contribution < 1.29 is 9.59 Å². The van der Waals surface area contributed by atoms with Gasteiger partial charge in [0.2, 0.25) is 0 Å². The predicted molar refractivity (Wildman–Crippen MR) is 108 cm³/mol. The molecule has 5 nitrogen and oxygen atoms in total. The summed E-state index contributed by atoms with van der Waals surface area (Å²) in [5.41, 5.74) is 7.06. The zero-order valence-electron chi connectivity index (χ0n) is 15.4. The van der Waals surface area contributed by atoms with Crippen LogP contribution in [0.25, 0.3) is 10.4 Å². The molecular formula is C21H25N3O2S. The molecule has 2 aromatic rings. The number of rotatable bonds is 5. The smallest absolute Gasteiger partial charge is 0.258 e. The van der Waals surface area contributed by atoms with E-state index < -0.39 is 5.91 Å². The van der Waals surface area contributed by atoms with E-state index in [0.29, 0.717) is 10.9 Å². The van der Waals surface area contributed by atoms with Crippen LogP contribution in [0.2, 0.25) is 0 Å². The van der Waals surface area contributed by atoms with Crippen LogP contribution >= 0.6 is 11.3 Å². The molecule has 1 unspecified atom stereocenters. The van der Waals surface area contributed by atoms with Crippen LogP contribution in [0.4, 0.5) is 0 Å². The SMILES string of the molecule is NC(=O)c1ccc(-c2ccc(C(=O)N3CCCC3CN3CCCC3)cc2)s1. The number of nitrogens with two attached hydrogens (primary N) is 1. The predicted octanol–water partition coefficient (Wildman–Crippen LogP) is 3.21. The Morgan fingerprint density at radius 3 is 2.41 bits per heavy atom. The van der Waals surface area contributed by atoms with Crippen LogP contribution in [-0.2, 0) is 0 Å². The number of hydrogen-bond donors (Lipinski definition) is 1. The van der Waals surface area contributed by atoms with E-state index in [0.717, 1.165) is 41.9 Å². The van der Waals surface area contributed by atoms with E-state index >= 15 is 0 Å². The van der Waals surface area contributed by atoms with Gasteiger partial charge in [-0.2, -0.15) is 0 Å². The largest absolute Gasteiger partial charge is 0.365 e. The van der Waals surface area contributed by atoms with Crippen LogP contribution in [-0.4, -0.2) is 53.8 Å². The van der Waals surface area contributed by atoms with Crippen molar-refractivity contribution in [1.29, 1.82) is 0 Å². The maximum Gasteiger partial charge on any atom is 0.258 e. The highest BCUT2D eigenvalue weighted by Gasteiger charge is 2.31. The lowest BCUT2D eigenvalue weighted by Crippen LogP contribution is -2.42. The summed E-state index contributed by atoms with van der Waals surface area (Å²) in [6, 6.07) is 11.7. The van der Waals surface area contributed by atoms with Gasteiger partial charge in [0.05, 0.1) is 4.88 Å². The van der Waals surface area contributed by atoms with Crippen molar-refractivity contribution in [2.45, 2.75) is 31.7 Å². The number of hydrogen-bond acceptors (Lipinski definition) is 4. The molecule has 0 bridgehead atoms. The summed E-state index contributed by atoms with van der Waals surface area (Å²) in [5.74, 6) is -0.275. The maximum atomic E-state index is 13.0. The average Bonchev–Trinajstić information content (AvgIpc) is 3.43. The van der Waals surface area contributed by atoms with Gasteiger partial charge < -0.3 is 15.5 Å². The molecule has 0 aliphatic carbocycles. The second-order valence-corrected chi connectivity index (χ2v) is 8.49. The van der Waals surface area contributed by atoms with E-state index in [9.17, 15) is 9.59 Å². The lowest BCUT2D eigenvalue weighted by molar-refractivity contribution is 0.0708. The summed E-state index contributed by atoms with van der Waals surface area (Å²) < 4.78 is 0. The molecule has 2 aliphatic rings. The topological polar surface area (TPSA) is 66.6 Å². The van der Waals surface area contributed by atoms with Crippen LogP contribution < -0.4 is 5.73 Å². The van der Waals surface area contributed by atoms with Gasteiger partial charge in [0, 0.05) is 29.6 Å². The lowest BCUT2D eigenvalue weighted by Gasteiger charge is -2.28. The molecule has 2 fully saturated rings. The van der Waals surface area contributed by atoms with Gasteiger partial charge in [-0.1, -0.05) is 12.1 Å². The summed E-state index contributed by atoms with van der Waals surface area (Å²) >= 11 is 1.38. The molecule has 2 amide bonds. The average molecular weight is 384 g/mol. The monoisotopic (exact) mass is 383 g/mol. The quantitative estimate of drug-likeness (QED) is 0.862. The van der Waals surface area contributed by atoms with Crippen molar-refractivity contribution in [3.05, 3.63) is 46.8 Å². The molecule has 2 aliphatic heterocycles. The van der Waals surface area contributed by atoms with Crippen molar-refractivity contribution in [3.63, 3.8) is 0 Å². The van der Waals surface area contributed by atoms with E-state index in [1.807, 2.05) is 30.3 Å². The van der Waals surface area contributed by atoms with Gasteiger partial charge >= 0.3 is 0 Å². The second kappa shape index (κ2) is 7.82. The Morgan fingerprint density at radius 1 is 1.00 bits per heavy atom. The van der Waals surface area contributed by atoms with Gasteiger partial charge in [0.25, 0.3) is 11.8 Å². The third-order valence-electron chi connectivity index (χ3n) is 5.57. The van der Waals surface area contributed by atoms with E-state index in [-0.39, 0.29) is 5.91 Å². The van der Waals surface area contributed by atoms with Crippen molar-refractivity contribution in [2.24, 2.45) is 5.73 Å². The number of primary amides is 1. The molecule has 2 saturated heterocycles. The molecule has 0 spiro atoms. The number of amides is 2. The van der Waals surface area contributed by atoms with E-state index in [2.05, 4.69) is 9.80 Å². The highest BCUT2D eigenvalue weighted by molar-refractivity contribution is 7.17. The van der Waals surface area contributed by atoms with Gasteiger partial charge in [0.15, 0.2) is 0 Å². The number of carbonyl (C=O) groups is 2. The molecule has 27 heavy (non-hydrogen) atoms. The first-order valence-electron chi connectivity index (χ1n) is 9.65. The molecule has 4 rings (SSSR count). The van der Waals surface area contributed by atoms with E-state index in [1.165, 1.54) is 37.3 Å². The third-order valence-corrected chi connectivity index (χ3v) is 6.72. The molecule has 6 heteroatoms. The van der Waals surface area contributed by atoms with Gasteiger partial charge in [-0.05, 0) is 68.6 Å². The molecule has 3 heterocycles. The first-order valence-corrected chi connectivity index (χ1v) is 10.5. The Labute approximate surface area is 163 Å². The van der Waals surface area contributed by atoms with Crippen LogP contribution in [0, 0.1) is 0 Å². The minimum absolute atomic E-state index is 0.132. The maximum absolute atomic E-state index is 13.0. The molecule has 0 saturated carbocycles. The lowest BCUT2D eigenvalue weighted by atomic mass is 10.1. The van der Waals surface area contributed by atoms with Crippen LogP contribution in [0.5, 0.6) is 0 Å². The molecule has 1 aromatic heterocycles. The molecule has 142 valence electrons. The second-order valence-electron chi connectivity index (χ2n) is 7.41. The normalized spacial score (nSPS) is 20.3. The number of nitrogens with zero attached hydrogens (tertiary/aromatic N) is 2. The molecular weight excluding hydrogens is 358 g/mol. The minimum Gasteiger partial charge on any atom is -0.365 e. The number of carbonyl (C=O) groups excluding carboxylic acids is 2.